The van der Waals surface area contributed by atoms with Gasteiger partial charge in [0.05, 0.1) is 17.6 Å². The van der Waals surface area contributed by atoms with Crippen molar-refractivity contribution in [2.75, 3.05) is 19.7 Å². The van der Waals surface area contributed by atoms with Crippen LogP contribution in [0.5, 0.6) is 5.75 Å². The maximum Gasteiger partial charge on any atom is 0.121 e. The van der Waals surface area contributed by atoms with Crippen molar-refractivity contribution in [2.24, 2.45) is 0 Å². The number of hydrogen-bond acceptors (Lipinski definition) is 3. The third kappa shape index (κ3) is 3.02. The Hall–Kier alpha value is -1.81. The Balaban J connectivity index is 1.98. The Bertz CT molecular complexity index is 641. The molecule has 1 aliphatic heterocycles. The van der Waals surface area contributed by atoms with Crippen molar-refractivity contribution in [1.29, 1.82) is 0 Å². The van der Waals surface area contributed by atoms with Gasteiger partial charge in [-0.1, -0.05) is 13.0 Å². The van der Waals surface area contributed by atoms with E-state index in [4.69, 9.17) is 9.72 Å². The van der Waals surface area contributed by atoms with Crippen LogP contribution >= 0.6 is 0 Å². The van der Waals surface area contributed by atoms with Gasteiger partial charge in [-0.05, 0) is 37.9 Å². The van der Waals surface area contributed by atoms with Crippen molar-refractivity contribution in [2.45, 2.75) is 38.6 Å². The second-order valence-electron chi connectivity index (χ2n) is 5.91. The molecule has 0 spiro atoms. The average molecular weight is 299 g/mol. The number of nitrogens with one attached hydrogen (secondary N) is 1. The van der Waals surface area contributed by atoms with Crippen LogP contribution in [0.15, 0.2) is 30.9 Å². The summed E-state index contributed by atoms with van der Waals surface area (Å²) in [6.07, 6.45) is 5.38. The van der Waals surface area contributed by atoms with Gasteiger partial charge in [0.15, 0.2) is 0 Å². The lowest BCUT2D eigenvalue weighted by Gasteiger charge is -2.23. The van der Waals surface area contributed by atoms with Gasteiger partial charge in [0.2, 0.25) is 0 Å². The van der Waals surface area contributed by atoms with E-state index < -0.39 is 0 Å². The maximum absolute atomic E-state index is 5.74. The molecule has 2 heterocycles. The number of ether oxygens (including phenoxy) is 1. The molecule has 4 nitrogen and oxygen atoms in total. The van der Waals surface area contributed by atoms with E-state index in [1.807, 2.05) is 12.1 Å². The molecule has 0 amide bonds. The third-order valence-electron chi connectivity index (χ3n) is 4.20. The average Bonchev–Trinajstić information content (AvgIpc) is 2.92. The quantitative estimate of drug-likeness (QED) is 0.830. The molecular weight excluding hydrogens is 274 g/mol. The van der Waals surface area contributed by atoms with Gasteiger partial charge in [0.1, 0.15) is 11.6 Å². The minimum absolute atomic E-state index is 0.487. The lowest BCUT2D eigenvalue weighted by Crippen LogP contribution is -2.30. The van der Waals surface area contributed by atoms with Crippen LogP contribution in [0.2, 0.25) is 0 Å². The summed E-state index contributed by atoms with van der Waals surface area (Å²) < 4.78 is 8.03. The predicted molar refractivity (Wildman–Crippen MR) is 90.6 cm³/mol. The van der Waals surface area contributed by atoms with Crippen LogP contribution in [-0.4, -0.2) is 29.2 Å². The van der Waals surface area contributed by atoms with E-state index >= 15 is 0 Å². The molecule has 118 valence electrons. The third-order valence-corrected chi connectivity index (χ3v) is 4.20. The Morgan fingerprint density at radius 3 is 3.14 bits per heavy atom. The number of imidazole rings is 1. The van der Waals surface area contributed by atoms with Crippen molar-refractivity contribution in [3.05, 3.63) is 36.7 Å². The molecule has 1 unspecified atom stereocenters. The molecule has 1 aromatic carbocycles. The zero-order valence-electron chi connectivity index (χ0n) is 13.3. The molecule has 1 atom stereocenters. The van der Waals surface area contributed by atoms with Gasteiger partial charge >= 0.3 is 0 Å². The normalized spacial score (nSPS) is 18.5. The van der Waals surface area contributed by atoms with Crippen LogP contribution in [0.1, 0.15) is 37.9 Å². The molecule has 0 radical (unpaired) electrons. The maximum atomic E-state index is 5.74. The molecule has 3 rings (SSSR count). The summed E-state index contributed by atoms with van der Waals surface area (Å²) >= 11 is 0. The summed E-state index contributed by atoms with van der Waals surface area (Å²) in [7, 11) is 0. The van der Waals surface area contributed by atoms with E-state index in [0.29, 0.717) is 5.92 Å². The minimum Gasteiger partial charge on any atom is -0.494 e. The highest BCUT2D eigenvalue weighted by Crippen LogP contribution is 2.28. The molecule has 0 aliphatic carbocycles. The van der Waals surface area contributed by atoms with Crippen molar-refractivity contribution < 1.29 is 4.74 Å². The fourth-order valence-electron chi connectivity index (χ4n) is 3.14. The van der Waals surface area contributed by atoms with Crippen molar-refractivity contribution >= 4 is 11.0 Å². The molecule has 1 fully saturated rings. The Morgan fingerprint density at radius 1 is 1.50 bits per heavy atom. The molecule has 1 aliphatic rings. The van der Waals surface area contributed by atoms with E-state index in [9.17, 15) is 0 Å². The standard InChI is InChI=1S/C18H25N3O/c1-3-10-21-17-8-7-15(22-11-4-2)12-16(17)20-18(21)14-6-5-9-19-13-14/h3,7-8,12,14,19H,1,4-6,9-11,13H2,2H3. The summed E-state index contributed by atoms with van der Waals surface area (Å²) in [6.45, 7) is 9.70. The van der Waals surface area contributed by atoms with Gasteiger partial charge in [-0.15, -0.1) is 6.58 Å². The van der Waals surface area contributed by atoms with Gasteiger partial charge in [-0.25, -0.2) is 4.98 Å². The highest BCUT2D eigenvalue weighted by Gasteiger charge is 2.22. The lowest BCUT2D eigenvalue weighted by molar-refractivity contribution is 0.318. The van der Waals surface area contributed by atoms with Gasteiger partial charge < -0.3 is 14.6 Å². The van der Waals surface area contributed by atoms with E-state index in [0.717, 1.165) is 43.9 Å². The van der Waals surface area contributed by atoms with Crippen molar-refractivity contribution in [3.8, 4) is 5.75 Å². The first-order valence-corrected chi connectivity index (χ1v) is 8.28. The van der Waals surface area contributed by atoms with Crippen LogP contribution in [0.4, 0.5) is 0 Å². The monoisotopic (exact) mass is 299 g/mol. The van der Waals surface area contributed by atoms with Gasteiger partial charge in [0, 0.05) is 25.1 Å². The van der Waals surface area contributed by atoms with E-state index in [2.05, 4.69) is 35.5 Å². The summed E-state index contributed by atoms with van der Waals surface area (Å²) in [5.41, 5.74) is 2.19. The molecule has 0 bridgehead atoms. The largest absolute Gasteiger partial charge is 0.494 e. The zero-order chi connectivity index (χ0) is 15.4. The fraction of sp³-hybridized carbons (Fsp3) is 0.500. The van der Waals surface area contributed by atoms with Gasteiger partial charge in [-0.2, -0.15) is 0 Å². The Kier molecular flexibility index (Phi) is 4.78. The molecule has 1 saturated heterocycles. The van der Waals surface area contributed by atoms with Crippen LogP contribution in [0, 0.1) is 0 Å². The molecule has 2 aromatic rings. The minimum atomic E-state index is 0.487. The van der Waals surface area contributed by atoms with Gasteiger partial charge in [0.25, 0.3) is 0 Å². The zero-order valence-corrected chi connectivity index (χ0v) is 13.3. The number of benzene rings is 1. The molecule has 1 N–H and O–H groups in total. The lowest BCUT2D eigenvalue weighted by atomic mass is 9.99. The number of fused-ring (bicyclic) bond motifs is 1. The summed E-state index contributed by atoms with van der Waals surface area (Å²) in [4.78, 5) is 4.92. The van der Waals surface area contributed by atoms with Crippen LogP contribution in [-0.2, 0) is 6.54 Å². The fourth-order valence-corrected chi connectivity index (χ4v) is 3.14. The summed E-state index contributed by atoms with van der Waals surface area (Å²) in [6, 6.07) is 6.23. The smallest absolute Gasteiger partial charge is 0.121 e. The summed E-state index contributed by atoms with van der Waals surface area (Å²) in [5.74, 6) is 2.57. The van der Waals surface area contributed by atoms with Crippen LogP contribution < -0.4 is 10.1 Å². The highest BCUT2D eigenvalue weighted by atomic mass is 16.5. The summed E-state index contributed by atoms with van der Waals surface area (Å²) in [5, 5.41) is 3.48. The number of allylic oxidation sites excluding steroid dienone is 1. The van der Waals surface area contributed by atoms with E-state index in [1.54, 1.807) is 0 Å². The van der Waals surface area contributed by atoms with Crippen molar-refractivity contribution in [3.63, 3.8) is 0 Å². The molecule has 0 saturated carbocycles. The van der Waals surface area contributed by atoms with Gasteiger partial charge in [-0.3, -0.25) is 0 Å². The number of aromatic nitrogens is 2. The number of piperidine rings is 1. The highest BCUT2D eigenvalue weighted by molar-refractivity contribution is 5.78. The SMILES string of the molecule is C=CCn1c(C2CCCNC2)nc2cc(OCCC)ccc21. The van der Waals surface area contributed by atoms with Crippen molar-refractivity contribution in [1.82, 2.24) is 14.9 Å². The van der Waals surface area contributed by atoms with E-state index in [1.165, 1.54) is 24.2 Å². The van der Waals surface area contributed by atoms with E-state index in [-0.39, 0.29) is 0 Å². The predicted octanol–water partition coefficient (Wildman–Crippen LogP) is 3.48. The van der Waals surface area contributed by atoms with Crippen LogP contribution in [0.3, 0.4) is 0 Å². The first-order valence-electron chi connectivity index (χ1n) is 8.28. The number of hydrogen-bond donors (Lipinski definition) is 1. The number of rotatable bonds is 6. The van der Waals surface area contributed by atoms with Crippen LogP contribution in [0.25, 0.3) is 11.0 Å². The molecule has 1 aromatic heterocycles. The molecule has 4 heteroatoms. The molecular formula is C18H25N3O. The Labute approximate surface area is 132 Å². The topological polar surface area (TPSA) is 39.1 Å². The number of nitrogens with zero attached hydrogens (tertiary/aromatic N) is 2. The second-order valence-corrected chi connectivity index (χ2v) is 5.91. The first kappa shape index (κ1) is 15.1. The Morgan fingerprint density at radius 2 is 2.41 bits per heavy atom. The molecule has 22 heavy (non-hydrogen) atoms. The first-order chi connectivity index (χ1) is 10.8. The second kappa shape index (κ2) is 6.97.